The molecule has 4 aliphatic heterocycles. The molecule has 4 fully saturated rings. The van der Waals surface area contributed by atoms with Crippen LogP contribution in [0.4, 0.5) is 0 Å². The van der Waals surface area contributed by atoms with E-state index in [-0.39, 0.29) is 0 Å². The van der Waals surface area contributed by atoms with Crippen molar-refractivity contribution in [1.29, 1.82) is 0 Å². The predicted octanol–water partition coefficient (Wildman–Crippen LogP) is 4.30. The molecule has 34 heavy (non-hydrogen) atoms. The van der Waals surface area contributed by atoms with Gasteiger partial charge >= 0.3 is 0 Å². The van der Waals surface area contributed by atoms with Crippen molar-refractivity contribution in [3.8, 4) is 11.4 Å². The molecule has 0 aliphatic carbocycles. The van der Waals surface area contributed by atoms with Gasteiger partial charge in [-0.25, -0.2) is 9.97 Å². The summed E-state index contributed by atoms with van der Waals surface area (Å²) < 4.78 is 0. The summed E-state index contributed by atoms with van der Waals surface area (Å²) in [6.45, 7) is 10.5. The smallest absolute Gasteiger partial charge is 0.159 e. The minimum Gasteiger partial charge on any atom is -0.312 e. The molecule has 0 aromatic carbocycles. The molecular formula is C28H42N6. The number of rotatable bonds is 8. The Morgan fingerprint density at radius 3 is 2.47 bits per heavy atom. The average Bonchev–Trinajstić information content (AvgIpc) is 2.90. The summed E-state index contributed by atoms with van der Waals surface area (Å²) in [6, 6.07) is 7.80. The van der Waals surface area contributed by atoms with E-state index in [4.69, 9.17) is 9.97 Å². The summed E-state index contributed by atoms with van der Waals surface area (Å²) in [5.41, 5.74) is 3.56. The Bertz CT molecular complexity index is 922. The Kier molecular flexibility index (Phi) is 7.57. The van der Waals surface area contributed by atoms with Crippen molar-refractivity contribution in [2.75, 3.05) is 39.8 Å². The zero-order valence-electron chi connectivity index (χ0n) is 21.3. The van der Waals surface area contributed by atoms with Crippen molar-refractivity contribution in [3.05, 3.63) is 42.0 Å². The molecule has 1 N–H and O–H groups in total. The monoisotopic (exact) mass is 462 g/mol. The molecule has 4 atom stereocenters. The Morgan fingerprint density at radius 2 is 1.79 bits per heavy atom. The Labute approximate surface area is 205 Å². The molecule has 4 saturated heterocycles. The van der Waals surface area contributed by atoms with Gasteiger partial charge < -0.3 is 10.2 Å². The van der Waals surface area contributed by atoms with Crippen molar-refractivity contribution in [2.24, 2.45) is 5.92 Å². The van der Waals surface area contributed by atoms with Crippen LogP contribution in [0.15, 0.2) is 30.6 Å². The highest BCUT2D eigenvalue weighted by Crippen LogP contribution is 2.42. The maximum atomic E-state index is 5.16. The van der Waals surface area contributed by atoms with E-state index in [1.54, 1.807) is 0 Å². The highest BCUT2D eigenvalue weighted by Gasteiger charge is 2.41. The molecule has 6 heteroatoms. The zero-order chi connectivity index (χ0) is 23.5. The number of piperidine rings is 4. The topological polar surface area (TPSA) is 57.2 Å². The van der Waals surface area contributed by atoms with Crippen LogP contribution in [0.1, 0.15) is 75.6 Å². The largest absolute Gasteiger partial charge is 0.312 e. The van der Waals surface area contributed by atoms with E-state index in [1.807, 2.05) is 24.5 Å². The highest BCUT2D eigenvalue weighted by molar-refractivity contribution is 5.54. The second-order valence-corrected chi connectivity index (χ2v) is 10.8. The van der Waals surface area contributed by atoms with Crippen LogP contribution in [0, 0.1) is 5.92 Å². The first kappa shape index (κ1) is 23.8. The first-order valence-electron chi connectivity index (χ1n) is 13.6. The van der Waals surface area contributed by atoms with Crippen LogP contribution in [0.2, 0.25) is 0 Å². The van der Waals surface area contributed by atoms with E-state index < -0.39 is 0 Å². The van der Waals surface area contributed by atoms with Crippen molar-refractivity contribution in [1.82, 2.24) is 30.1 Å². The Hall–Kier alpha value is -1.89. The maximum absolute atomic E-state index is 5.16. The number of likely N-dealkylation sites (tertiary alicyclic amines) is 1. The SMILES string of the molecule is CCC(CC)c1cc(C2CN3CCC2CC3CNC2CCN(C)CC2)nc(-c2ccncc2)n1. The fourth-order valence-electron chi connectivity index (χ4n) is 6.42. The minimum atomic E-state index is 0.495. The van der Waals surface area contributed by atoms with Gasteiger partial charge in [0.05, 0.1) is 0 Å². The van der Waals surface area contributed by atoms with E-state index in [9.17, 15) is 0 Å². The first-order chi connectivity index (χ1) is 16.6. The lowest BCUT2D eigenvalue weighted by molar-refractivity contribution is 0.0271. The zero-order valence-corrected chi connectivity index (χ0v) is 21.3. The molecule has 4 unspecified atom stereocenters. The maximum Gasteiger partial charge on any atom is 0.159 e. The lowest BCUT2D eigenvalue weighted by Gasteiger charge is -2.50. The summed E-state index contributed by atoms with van der Waals surface area (Å²) in [6.07, 6.45) is 11.1. The fourth-order valence-corrected chi connectivity index (χ4v) is 6.42. The third kappa shape index (κ3) is 5.19. The second-order valence-electron chi connectivity index (χ2n) is 10.8. The lowest BCUT2D eigenvalue weighted by Crippen LogP contribution is -2.57. The van der Waals surface area contributed by atoms with Crippen LogP contribution < -0.4 is 5.32 Å². The molecule has 0 amide bonds. The van der Waals surface area contributed by atoms with Gasteiger partial charge in [0, 0.05) is 66.4 Å². The van der Waals surface area contributed by atoms with Crippen molar-refractivity contribution in [3.63, 3.8) is 0 Å². The number of aromatic nitrogens is 3. The fraction of sp³-hybridized carbons (Fsp3) is 0.679. The molecule has 6 rings (SSSR count). The molecule has 4 aliphatic rings. The third-order valence-electron chi connectivity index (χ3n) is 8.73. The van der Waals surface area contributed by atoms with Gasteiger partial charge in [0.1, 0.15) is 0 Å². The van der Waals surface area contributed by atoms with Crippen LogP contribution in [-0.2, 0) is 0 Å². The summed E-state index contributed by atoms with van der Waals surface area (Å²) in [4.78, 5) is 19.6. The Morgan fingerprint density at radius 1 is 1.03 bits per heavy atom. The molecule has 6 nitrogen and oxygen atoms in total. The van der Waals surface area contributed by atoms with Gasteiger partial charge in [-0.3, -0.25) is 9.88 Å². The number of hydrogen-bond acceptors (Lipinski definition) is 6. The Balaban J connectivity index is 1.32. The van der Waals surface area contributed by atoms with Gasteiger partial charge in [-0.1, -0.05) is 13.8 Å². The summed E-state index contributed by atoms with van der Waals surface area (Å²) >= 11 is 0. The van der Waals surface area contributed by atoms with Crippen LogP contribution in [0.3, 0.4) is 0 Å². The second kappa shape index (κ2) is 10.8. The van der Waals surface area contributed by atoms with E-state index >= 15 is 0 Å². The normalized spacial score (nSPS) is 28.0. The average molecular weight is 463 g/mol. The molecule has 0 saturated carbocycles. The molecule has 0 radical (unpaired) electrons. The molecule has 2 aromatic heterocycles. The lowest BCUT2D eigenvalue weighted by atomic mass is 9.73. The summed E-state index contributed by atoms with van der Waals surface area (Å²) in [7, 11) is 2.24. The first-order valence-corrected chi connectivity index (χ1v) is 13.6. The van der Waals surface area contributed by atoms with Crippen LogP contribution in [0.25, 0.3) is 11.4 Å². The van der Waals surface area contributed by atoms with Crippen molar-refractivity contribution in [2.45, 2.75) is 76.3 Å². The minimum absolute atomic E-state index is 0.495. The van der Waals surface area contributed by atoms with E-state index in [1.165, 1.54) is 56.7 Å². The van der Waals surface area contributed by atoms with Gasteiger partial charge in [-0.05, 0) is 89.3 Å². The number of hydrogen-bond donors (Lipinski definition) is 1. The van der Waals surface area contributed by atoms with E-state index in [2.05, 4.69) is 47.1 Å². The van der Waals surface area contributed by atoms with Crippen molar-refractivity contribution < 1.29 is 0 Å². The number of nitrogens with zero attached hydrogens (tertiary/aromatic N) is 5. The van der Waals surface area contributed by atoms with Crippen LogP contribution in [0.5, 0.6) is 0 Å². The van der Waals surface area contributed by atoms with Gasteiger partial charge in [-0.15, -0.1) is 0 Å². The third-order valence-corrected chi connectivity index (χ3v) is 8.73. The molecule has 2 bridgehead atoms. The quantitative estimate of drug-likeness (QED) is 0.631. The molecular weight excluding hydrogens is 420 g/mol. The van der Waals surface area contributed by atoms with Gasteiger partial charge in [-0.2, -0.15) is 0 Å². The molecule has 184 valence electrons. The van der Waals surface area contributed by atoms with Crippen LogP contribution in [-0.4, -0.2) is 76.6 Å². The van der Waals surface area contributed by atoms with Gasteiger partial charge in [0.15, 0.2) is 5.82 Å². The number of pyridine rings is 1. The van der Waals surface area contributed by atoms with E-state index in [0.717, 1.165) is 43.2 Å². The van der Waals surface area contributed by atoms with Gasteiger partial charge in [0.25, 0.3) is 0 Å². The van der Waals surface area contributed by atoms with Crippen molar-refractivity contribution >= 4 is 0 Å². The van der Waals surface area contributed by atoms with Crippen LogP contribution >= 0.6 is 0 Å². The summed E-state index contributed by atoms with van der Waals surface area (Å²) in [5.74, 6) is 2.61. The highest BCUT2D eigenvalue weighted by atomic mass is 15.2. The molecule has 6 heterocycles. The predicted molar refractivity (Wildman–Crippen MR) is 138 cm³/mol. The molecule has 2 aromatic rings. The number of nitrogens with one attached hydrogen (secondary N) is 1. The van der Waals surface area contributed by atoms with E-state index in [0.29, 0.717) is 23.9 Å². The number of fused-ring (bicyclic) bond motifs is 3. The standard InChI is InChI=1S/C28H42N6/c1-4-20(5-2)26-17-27(32-28(31-26)21-6-11-29-12-7-21)25-19-34-15-8-22(25)16-24(34)18-30-23-9-13-33(3)14-10-23/h6-7,11-12,17,20,22-25,30H,4-5,8-10,13-16,18-19H2,1-3H3. The van der Waals surface area contributed by atoms with Gasteiger partial charge in [0.2, 0.25) is 0 Å². The molecule has 0 spiro atoms. The summed E-state index contributed by atoms with van der Waals surface area (Å²) in [5, 5.41) is 3.92.